The van der Waals surface area contributed by atoms with Gasteiger partial charge in [-0.25, -0.2) is 0 Å². The van der Waals surface area contributed by atoms with Crippen LogP contribution in [0.15, 0.2) is 30.3 Å². The highest BCUT2D eigenvalue weighted by Gasteiger charge is 2.30. The fraction of sp³-hybridized carbons (Fsp3) is 0.500. The lowest BCUT2D eigenvalue weighted by molar-refractivity contribution is -0.135. The molecule has 1 saturated heterocycles. The number of nitrogens with zero attached hydrogens (tertiary/aromatic N) is 1. The van der Waals surface area contributed by atoms with Gasteiger partial charge in [-0.1, -0.05) is 30.3 Å². The molecule has 5 heteroatoms. The molecule has 1 heterocycles. The third-order valence-corrected chi connectivity index (χ3v) is 4.31. The van der Waals surface area contributed by atoms with Crippen LogP contribution in [0.25, 0.3) is 0 Å². The molecule has 1 aliphatic heterocycles. The Morgan fingerprint density at radius 3 is 2.76 bits per heavy atom. The van der Waals surface area contributed by atoms with Crippen LogP contribution in [0.5, 0.6) is 0 Å². The first-order valence-corrected chi connectivity index (χ1v) is 7.86. The predicted molar refractivity (Wildman–Crippen MR) is 86.3 cm³/mol. The first-order valence-electron chi connectivity index (χ1n) is 7.34. The highest BCUT2D eigenvalue weighted by molar-refractivity contribution is 7.81. The van der Waals surface area contributed by atoms with Gasteiger partial charge in [-0.15, -0.1) is 0 Å². The minimum atomic E-state index is -0.351. The summed E-state index contributed by atoms with van der Waals surface area (Å²) in [7, 11) is 1.64. The average Bonchev–Trinajstić information content (AvgIpc) is 2.54. The summed E-state index contributed by atoms with van der Waals surface area (Å²) in [5.41, 5.74) is 1.10. The summed E-state index contributed by atoms with van der Waals surface area (Å²) in [4.78, 5) is 26.0. The second kappa shape index (κ2) is 7.50. The van der Waals surface area contributed by atoms with Crippen molar-refractivity contribution < 1.29 is 9.59 Å². The molecule has 21 heavy (non-hydrogen) atoms. The molecule has 0 bridgehead atoms. The van der Waals surface area contributed by atoms with Crippen LogP contribution in [-0.2, 0) is 16.0 Å². The van der Waals surface area contributed by atoms with Gasteiger partial charge in [0.15, 0.2) is 0 Å². The Hall–Kier alpha value is -1.49. The van der Waals surface area contributed by atoms with E-state index in [1.165, 1.54) is 0 Å². The molecule has 2 amide bonds. The zero-order chi connectivity index (χ0) is 15.2. The third-order valence-electron chi connectivity index (χ3n) is 3.91. The summed E-state index contributed by atoms with van der Waals surface area (Å²) < 4.78 is 0. The Labute approximate surface area is 131 Å². The highest BCUT2D eigenvalue weighted by Crippen LogP contribution is 2.19. The van der Waals surface area contributed by atoms with E-state index in [0.717, 1.165) is 24.9 Å². The van der Waals surface area contributed by atoms with Gasteiger partial charge in [-0.3, -0.25) is 9.59 Å². The second-order valence-corrected chi connectivity index (χ2v) is 6.07. The van der Waals surface area contributed by atoms with Crippen LogP contribution in [0, 0.1) is 5.92 Å². The predicted octanol–water partition coefficient (Wildman–Crippen LogP) is 1.51. The molecule has 2 rings (SSSR count). The molecule has 0 radical (unpaired) electrons. The van der Waals surface area contributed by atoms with E-state index in [1.54, 1.807) is 11.9 Å². The molecule has 1 N–H and O–H groups in total. The van der Waals surface area contributed by atoms with E-state index in [4.69, 9.17) is 0 Å². The summed E-state index contributed by atoms with van der Waals surface area (Å²) in [6.45, 7) is 1.22. The molecule has 0 aliphatic carbocycles. The van der Waals surface area contributed by atoms with Gasteiger partial charge in [0.2, 0.25) is 11.8 Å². The normalized spacial score (nSPS) is 19.9. The van der Waals surface area contributed by atoms with Gasteiger partial charge in [-0.2, -0.15) is 12.6 Å². The number of amides is 2. The van der Waals surface area contributed by atoms with Crippen molar-refractivity contribution in [3.05, 3.63) is 35.9 Å². The van der Waals surface area contributed by atoms with Gasteiger partial charge in [0, 0.05) is 20.1 Å². The zero-order valence-electron chi connectivity index (χ0n) is 12.3. The highest BCUT2D eigenvalue weighted by atomic mass is 32.1. The molecule has 2 atom stereocenters. The lowest BCUT2D eigenvalue weighted by Gasteiger charge is -2.33. The van der Waals surface area contributed by atoms with Gasteiger partial charge < -0.3 is 10.2 Å². The molecular formula is C16H22N2O2S. The van der Waals surface area contributed by atoms with Crippen molar-refractivity contribution in [3.8, 4) is 0 Å². The summed E-state index contributed by atoms with van der Waals surface area (Å²) in [5, 5.41) is 2.32. The number of thiol groups is 1. The second-order valence-electron chi connectivity index (χ2n) is 5.44. The Bertz CT molecular complexity index is 492. The maximum Gasteiger partial charge on any atom is 0.235 e. The van der Waals surface area contributed by atoms with Crippen LogP contribution in [0.3, 0.4) is 0 Å². The molecular weight excluding hydrogens is 284 g/mol. The molecule has 2 unspecified atom stereocenters. The van der Waals surface area contributed by atoms with Crippen LogP contribution >= 0.6 is 12.6 Å². The lowest BCUT2D eigenvalue weighted by Crippen LogP contribution is -2.47. The van der Waals surface area contributed by atoms with E-state index in [0.29, 0.717) is 13.0 Å². The van der Waals surface area contributed by atoms with Crippen molar-refractivity contribution >= 4 is 24.4 Å². The summed E-state index contributed by atoms with van der Waals surface area (Å²) in [6, 6.07) is 9.88. The fourth-order valence-corrected chi connectivity index (χ4v) is 3.10. The van der Waals surface area contributed by atoms with Crippen LogP contribution in [-0.4, -0.2) is 42.1 Å². The quantitative estimate of drug-likeness (QED) is 0.829. The van der Waals surface area contributed by atoms with Crippen molar-refractivity contribution in [2.45, 2.75) is 24.5 Å². The van der Waals surface area contributed by atoms with Crippen LogP contribution < -0.4 is 5.32 Å². The standard InChI is InChI=1S/C16H22N2O2S/c1-17-15(19)13-8-5-9-18(11-13)16(20)14(21)10-12-6-3-2-4-7-12/h2-4,6-7,13-14,21H,5,8-11H2,1H3,(H,17,19). The minimum absolute atomic E-state index is 0.0197. The molecule has 4 nitrogen and oxygen atoms in total. The molecule has 1 aromatic carbocycles. The molecule has 0 spiro atoms. The van der Waals surface area contributed by atoms with Crippen LogP contribution in [0.1, 0.15) is 18.4 Å². The number of carbonyl (C=O) groups is 2. The van der Waals surface area contributed by atoms with Crippen LogP contribution in [0.2, 0.25) is 0 Å². The molecule has 114 valence electrons. The van der Waals surface area contributed by atoms with Crippen molar-refractivity contribution in [1.82, 2.24) is 10.2 Å². The average molecular weight is 306 g/mol. The largest absolute Gasteiger partial charge is 0.359 e. The molecule has 0 saturated carbocycles. The number of piperidine rings is 1. The fourth-order valence-electron chi connectivity index (χ4n) is 2.73. The van der Waals surface area contributed by atoms with E-state index < -0.39 is 0 Å². The molecule has 0 aromatic heterocycles. The van der Waals surface area contributed by atoms with Gasteiger partial charge in [0.1, 0.15) is 0 Å². The Morgan fingerprint density at radius 2 is 2.10 bits per heavy atom. The first-order chi connectivity index (χ1) is 10.1. The summed E-state index contributed by atoms with van der Waals surface area (Å²) >= 11 is 4.46. The van der Waals surface area contributed by atoms with E-state index in [1.807, 2.05) is 30.3 Å². The number of likely N-dealkylation sites (tertiary alicyclic amines) is 1. The summed E-state index contributed by atoms with van der Waals surface area (Å²) in [6.07, 6.45) is 2.33. The minimum Gasteiger partial charge on any atom is -0.359 e. The number of rotatable bonds is 4. The number of carbonyl (C=O) groups excluding carboxylic acids is 2. The maximum atomic E-state index is 12.5. The van der Waals surface area contributed by atoms with E-state index >= 15 is 0 Å². The van der Waals surface area contributed by atoms with Gasteiger partial charge in [-0.05, 0) is 24.8 Å². The van der Waals surface area contributed by atoms with Crippen LogP contribution in [0.4, 0.5) is 0 Å². The number of hydrogen-bond donors (Lipinski definition) is 2. The van der Waals surface area contributed by atoms with E-state index in [9.17, 15) is 9.59 Å². The number of nitrogens with one attached hydrogen (secondary N) is 1. The first kappa shape index (κ1) is 15.9. The molecule has 1 fully saturated rings. The van der Waals surface area contributed by atoms with Crippen molar-refractivity contribution in [1.29, 1.82) is 0 Å². The maximum absolute atomic E-state index is 12.5. The monoisotopic (exact) mass is 306 g/mol. The van der Waals surface area contributed by atoms with Crippen molar-refractivity contribution in [3.63, 3.8) is 0 Å². The molecule has 1 aromatic rings. The molecule has 1 aliphatic rings. The van der Waals surface area contributed by atoms with Crippen molar-refractivity contribution in [2.75, 3.05) is 20.1 Å². The van der Waals surface area contributed by atoms with E-state index in [-0.39, 0.29) is 23.0 Å². The topological polar surface area (TPSA) is 49.4 Å². The third kappa shape index (κ3) is 4.24. The van der Waals surface area contributed by atoms with Gasteiger partial charge in [0.05, 0.1) is 11.2 Å². The summed E-state index contributed by atoms with van der Waals surface area (Å²) in [5.74, 6) is -0.0491. The number of benzene rings is 1. The Balaban J connectivity index is 1.94. The zero-order valence-corrected chi connectivity index (χ0v) is 13.2. The van der Waals surface area contributed by atoms with Gasteiger partial charge >= 0.3 is 0 Å². The smallest absolute Gasteiger partial charge is 0.235 e. The van der Waals surface area contributed by atoms with Crippen molar-refractivity contribution in [2.24, 2.45) is 5.92 Å². The number of hydrogen-bond acceptors (Lipinski definition) is 3. The SMILES string of the molecule is CNC(=O)C1CCCN(C(=O)C(S)Cc2ccccc2)C1. The Morgan fingerprint density at radius 1 is 1.38 bits per heavy atom. The lowest BCUT2D eigenvalue weighted by atomic mass is 9.96. The van der Waals surface area contributed by atoms with Gasteiger partial charge in [0.25, 0.3) is 0 Å². The van der Waals surface area contributed by atoms with E-state index in [2.05, 4.69) is 17.9 Å². The Kier molecular flexibility index (Phi) is 5.67.